The minimum atomic E-state index is -0.715. The number of amides is 2. The van der Waals surface area contributed by atoms with Gasteiger partial charge >= 0.3 is 5.97 Å². The fourth-order valence-electron chi connectivity index (χ4n) is 3.22. The van der Waals surface area contributed by atoms with Crippen molar-refractivity contribution in [2.75, 3.05) is 11.9 Å². The van der Waals surface area contributed by atoms with Gasteiger partial charge in [-0.25, -0.2) is 14.2 Å². The Morgan fingerprint density at radius 1 is 0.944 bits per heavy atom. The van der Waals surface area contributed by atoms with Crippen LogP contribution in [-0.2, 0) is 14.3 Å². The smallest absolute Gasteiger partial charge is 0.338 e. The summed E-state index contributed by atoms with van der Waals surface area (Å²) in [4.78, 5) is 53.3. The van der Waals surface area contributed by atoms with E-state index in [9.17, 15) is 23.6 Å². The maximum absolute atomic E-state index is 13.0. The van der Waals surface area contributed by atoms with Gasteiger partial charge in [-0.15, -0.1) is 0 Å². The first-order valence-corrected chi connectivity index (χ1v) is 11.7. The molecular weight excluding hydrogens is 485 g/mol. The van der Waals surface area contributed by atoms with Gasteiger partial charge in [0, 0.05) is 17.7 Å². The van der Waals surface area contributed by atoms with Gasteiger partial charge in [0.25, 0.3) is 0 Å². The molecule has 1 aliphatic rings. The fraction of sp³-hybridized carbons (Fsp3) is 0.115. The summed E-state index contributed by atoms with van der Waals surface area (Å²) in [6.45, 7) is -0.486. The Bertz CT molecular complexity index is 1310. The minimum Gasteiger partial charge on any atom is -0.454 e. The lowest BCUT2D eigenvalue weighted by molar-refractivity contribution is -0.122. The molecule has 182 valence electrons. The standard InChI is InChI=1S/C26H20FN3O5S/c27-18-10-6-16(7-11-18)21(31)15-35-25(34)17-8-12-20(13-9-17)28-23(32)14-22-24(33)30-26(36-22)29-19-4-2-1-3-5-19/h1-13,22H,14-15H2,(H,28,32)(H,29,30,33)/t22-/m0/s1. The molecule has 36 heavy (non-hydrogen) atoms. The highest BCUT2D eigenvalue weighted by Crippen LogP contribution is 2.25. The molecule has 1 aliphatic heterocycles. The molecular formula is C26H20FN3O5S. The molecule has 0 spiro atoms. The van der Waals surface area contributed by atoms with E-state index >= 15 is 0 Å². The number of esters is 1. The zero-order valence-corrected chi connectivity index (χ0v) is 19.6. The molecule has 0 radical (unpaired) electrons. The molecule has 1 heterocycles. The average Bonchev–Trinajstić information content (AvgIpc) is 3.21. The van der Waals surface area contributed by atoms with Gasteiger partial charge in [-0.2, -0.15) is 0 Å². The van der Waals surface area contributed by atoms with Gasteiger partial charge < -0.3 is 15.4 Å². The highest BCUT2D eigenvalue weighted by atomic mass is 32.2. The molecule has 0 aromatic heterocycles. The first-order valence-electron chi connectivity index (χ1n) is 10.8. The second-order valence-corrected chi connectivity index (χ2v) is 8.88. The van der Waals surface area contributed by atoms with Crippen LogP contribution in [0, 0.1) is 5.82 Å². The summed E-state index contributed by atoms with van der Waals surface area (Å²) in [5.74, 6) is -2.31. The zero-order valence-electron chi connectivity index (χ0n) is 18.8. The van der Waals surface area contributed by atoms with Crippen molar-refractivity contribution in [2.45, 2.75) is 11.7 Å². The van der Waals surface area contributed by atoms with Crippen molar-refractivity contribution in [3.8, 4) is 0 Å². The number of Topliss-reactive ketones (excluding diaryl/α,β-unsaturated/α-hetero) is 1. The topological polar surface area (TPSA) is 114 Å². The Morgan fingerprint density at radius 2 is 1.61 bits per heavy atom. The van der Waals surface area contributed by atoms with Crippen LogP contribution < -0.4 is 10.6 Å². The Morgan fingerprint density at radius 3 is 2.31 bits per heavy atom. The van der Waals surface area contributed by atoms with E-state index < -0.39 is 29.4 Å². The van der Waals surface area contributed by atoms with Crippen molar-refractivity contribution in [3.63, 3.8) is 0 Å². The van der Waals surface area contributed by atoms with Crippen LogP contribution in [0.2, 0.25) is 0 Å². The molecule has 2 N–H and O–H groups in total. The van der Waals surface area contributed by atoms with Crippen molar-refractivity contribution in [1.82, 2.24) is 5.32 Å². The predicted octanol–water partition coefficient (Wildman–Crippen LogP) is 4.11. The average molecular weight is 506 g/mol. The highest BCUT2D eigenvalue weighted by molar-refractivity contribution is 8.15. The lowest BCUT2D eigenvalue weighted by atomic mass is 10.1. The first-order chi connectivity index (χ1) is 17.4. The van der Waals surface area contributed by atoms with Crippen molar-refractivity contribution < 1.29 is 28.3 Å². The minimum absolute atomic E-state index is 0.0560. The third kappa shape index (κ3) is 6.63. The third-order valence-corrected chi connectivity index (χ3v) is 6.12. The predicted molar refractivity (Wildman–Crippen MR) is 134 cm³/mol. The van der Waals surface area contributed by atoms with Gasteiger partial charge in [0.2, 0.25) is 11.8 Å². The van der Waals surface area contributed by atoms with Crippen molar-refractivity contribution in [2.24, 2.45) is 4.99 Å². The summed E-state index contributed by atoms with van der Waals surface area (Å²) in [7, 11) is 0. The Balaban J connectivity index is 1.26. The van der Waals surface area contributed by atoms with E-state index in [0.717, 1.165) is 12.1 Å². The molecule has 3 aromatic rings. The number of halogens is 1. The van der Waals surface area contributed by atoms with Crippen LogP contribution in [0.25, 0.3) is 0 Å². The molecule has 0 unspecified atom stereocenters. The lowest BCUT2D eigenvalue weighted by Crippen LogP contribution is -2.28. The van der Waals surface area contributed by atoms with E-state index in [2.05, 4.69) is 15.6 Å². The number of nitrogens with one attached hydrogen (secondary N) is 2. The number of carbonyl (C=O) groups excluding carboxylic acids is 4. The number of amidine groups is 1. The normalized spacial score (nSPS) is 15.9. The maximum Gasteiger partial charge on any atom is 0.338 e. The van der Waals surface area contributed by atoms with Gasteiger partial charge in [-0.05, 0) is 60.7 Å². The number of thioether (sulfide) groups is 1. The summed E-state index contributed by atoms with van der Waals surface area (Å²) in [6, 6.07) is 20.0. The van der Waals surface area contributed by atoms with Gasteiger partial charge in [0.05, 0.1) is 11.3 Å². The summed E-state index contributed by atoms with van der Waals surface area (Å²) < 4.78 is 18.0. The molecule has 1 atom stereocenters. The van der Waals surface area contributed by atoms with Gasteiger partial charge in [-0.1, -0.05) is 30.0 Å². The van der Waals surface area contributed by atoms with Crippen LogP contribution >= 0.6 is 11.8 Å². The van der Waals surface area contributed by atoms with Crippen LogP contribution in [0.1, 0.15) is 27.1 Å². The van der Waals surface area contributed by atoms with Gasteiger partial charge in [-0.3, -0.25) is 14.4 Å². The number of para-hydroxylation sites is 1. The highest BCUT2D eigenvalue weighted by Gasteiger charge is 2.32. The monoisotopic (exact) mass is 505 g/mol. The van der Waals surface area contributed by atoms with Crippen LogP contribution in [0.5, 0.6) is 0 Å². The number of ketones is 1. The maximum atomic E-state index is 13.0. The Hall–Kier alpha value is -4.31. The summed E-state index contributed by atoms with van der Waals surface area (Å²) >= 11 is 1.19. The Labute approximate surface area is 210 Å². The number of hydrogen-bond acceptors (Lipinski definition) is 7. The molecule has 3 aromatic carbocycles. The molecule has 0 aliphatic carbocycles. The van der Waals surface area contributed by atoms with E-state index in [1.165, 1.54) is 48.2 Å². The van der Waals surface area contributed by atoms with E-state index in [1.54, 1.807) is 0 Å². The van der Waals surface area contributed by atoms with Crippen LogP contribution in [0.4, 0.5) is 15.8 Å². The zero-order chi connectivity index (χ0) is 25.5. The van der Waals surface area contributed by atoms with Crippen molar-refractivity contribution >= 4 is 51.9 Å². The van der Waals surface area contributed by atoms with Crippen LogP contribution in [0.15, 0.2) is 83.9 Å². The van der Waals surface area contributed by atoms with Crippen molar-refractivity contribution in [1.29, 1.82) is 0 Å². The number of anilines is 1. The van der Waals surface area contributed by atoms with Crippen LogP contribution in [0.3, 0.4) is 0 Å². The summed E-state index contributed by atoms with van der Waals surface area (Å²) in [6.07, 6.45) is -0.0560. The number of ether oxygens (including phenoxy) is 1. The van der Waals surface area contributed by atoms with E-state index in [4.69, 9.17) is 4.74 Å². The van der Waals surface area contributed by atoms with E-state index in [0.29, 0.717) is 16.5 Å². The fourth-order valence-corrected chi connectivity index (χ4v) is 4.20. The SMILES string of the molecule is O=C(C[C@@H]1SC(=Nc2ccccc2)NC1=O)Nc1ccc(C(=O)OCC(=O)c2ccc(F)cc2)cc1. The second-order valence-electron chi connectivity index (χ2n) is 7.68. The van der Waals surface area contributed by atoms with Gasteiger partial charge in [0.1, 0.15) is 11.1 Å². The number of rotatable bonds is 8. The number of hydrogen-bond donors (Lipinski definition) is 2. The number of benzene rings is 3. The molecule has 8 nitrogen and oxygen atoms in total. The first kappa shape index (κ1) is 24.8. The molecule has 4 rings (SSSR count). The molecule has 0 bridgehead atoms. The summed E-state index contributed by atoms with van der Waals surface area (Å²) in [5.41, 5.74) is 1.55. The lowest BCUT2D eigenvalue weighted by Gasteiger charge is -2.08. The van der Waals surface area contributed by atoms with Crippen molar-refractivity contribution in [3.05, 3.63) is 95.8 Å². The molecule has 0 saturated carbocycles. The molecule has 10 heteroatoms. The number of nitrogens with zero attached hydrogens (tertiary/aromatic N) is 1. The van der Waals surface area contributed by atoms with Crippen LogP contribution in [-0.4, -0.2) is 40.6 Å². The molecule has 2 amide bonds. The number of aliphatic imine (C=N–C) groups is 1. The summed E-state index contributed by atoms with van der Waals surface area (Å²) in [5, 5.41) is 5.19. The molecule has 1 fully saturated rings. The largest absolute Gasteiger partial charge is 0.454 e. The van der Waals surface area contributed by atoms with E-state index in [-0.39, 0.29) is 29.4 Å². The van der Waals surface area contributed by atoms with Gasteiger partial charge in [0.15, 0.2) is 17.6 Å². The quantitative estimate of drug-likeness (QED) is 0.352. The second kappa shape index (κ2) is 11.4. The third-order valence-electron chi connectivity index (χ3n) is 5.04. The molecule has 1 saturated heterocycles. The van der Waals surface area contributed by atoms with E-state index in [1.807, 2.05) is 30.3 Å². The Kier molecular flexibility index (Phi) is 7.86. The number of carbonyl (C=O) groups is 4.